The molecule has 1 aliphatic rings. The minimum atomic E-state index is -1.10. The van der Waals surface area contributed by atoms with Crippen LogP contribution in [0.2, 0.25) is 0 Å². The quantitative estimate of drug-likeness (QED) is 0.203. The Bertz CT molecular complexity index is 1150. The van der Waals surface area contributed by atoms with E-state index in [0.29, 0.717) is 31.5 Å². The Balaban J connectivity index is 2.57. The summed E-state index contributed by atoms with van der Waals surface area (Å²) < 4.78 is 0. The van der Waals surface area contributed by atoms with E-state index in [1.54, 1.807) is 45.6 Å². The molecule has 5 atom stereocenters. The van der Waals surface area contributed by atoms with Crippen molar-refractivity contribution < 1.29 is 44.5 Å². The Kier molecular flexibility index (Phi) is 14.1. The van der Waals surface area contributed by atoms with Gasteiger partial charge in [0.05, 0.1) is 4.92 Å². The molecule has 0 radical (unpaired) electrons. The van der Waals surface area contributed by atoms with E-state index >= 15 is 0 Å². The third kappa shape index (κ3) is 10.5. The van der Waals surface area contributed by atoms with Gasteiger partial charge in [-0.25, -0.2) is 0 Å². The zero-order valence-electron chi connectivity index (χ0n) is 25.7. The summed E-state index contributed by atoms with van der Waals surface area (Å²) in [5, 5.41) is 50.6. The van der Waals surface area contributed by atoms with Crippen LogP contribution in [0.3, 0.4) is 0 Å². The fraction of sp³-hybridized carbons (Fsp3) is 0.655. The Morgan fingerprint density at radius 3 is 1.57 bits per heavy atom. The molecule has 0 spiro atoms. The highest BCUT2D eigenvalue weighted by Gasteiger charge is 2.33. The van der Waals surface area contributed by atoms with E-state index in [1.807, 2.05) is 0 Å². The van der Waals surface area contributed by atoms with Crippen LogP contribution in [-0.2, 0) is 25.6 Å². The SMILES string of the molecule is C[C@@H](C(=O)O)N1CCCCN([C@@H](C)C(=O)O)[C@@H](Cc2ccc([N+](=O)[O-])cc2)CN([C@@H](C)C(=O)O)CCN([C@@H](C)C(=O)O)CC1. The first-order chi connectivity index (χ1) is 20.6. The molecule has 1 aromatic carbocycles. The van der Waals surface area contributed by atoms with Gasteiger partial charge in [-0.3, -0.25) is 48.9 Å². The standard InChI is InChI=1S/C29H45N5O10/c1-19(26(35)36)30-11-5-6-12-33(22(4)29(41)42)25(17-23-7-9-24(10-8-23)34(43)44)18-32(21(3)28(39)40)16-15-31(14-13-30)20(2)27(37)38/h7-10,19-22,25H,5-6,11-18H2,1-4H3,(H,35,36)(H,37,38)(H,39,40)(H,41,42)/t19-,20-,21-,22-,25-/m0/s1. The Hall–Kier alpha value is -3.66. The van der Waals surface area contributed by atoms with Crippen LogP contribution >= 0.6 is 0 Å². The molecule has 1 heterocycles. The lowest BCUT2D eigenvalue weighted by Crippen LogP contribution is -2.56. The molecule has 44 heavy (non-hydrogen) atoms. The third-order valence-corrected chi connectivity index (χ3v) is 8.56. The summed E-state index contributed by atoms with van der Waals surface area (Å²) in [6, 6.07) is 1.70. The van der Waals surface area contributed by atoms with E-state index in [1.165, 1.54) is 26.0 Å². The molecule has 0 unspecified atom stereocenters. The summed E-state index contributed by atoms with van der Waals surface area (Å²) in [6.45, 7) is 7.84. The molecular formula is C29H45N5O10. The first kappa shape index (κ1) is 36.5. The number of carbonyl (C=O) groups is 4. The molecule has 1 saturated heterocycles. The maximum absolute atomic E-state index is 12.3. The normalized spacial score (nSPS) is 21.8. The van der Waals surface area contributed by atoms with Crippen LogP contribution in [-0.4, -0.2) is 145 Å². The lowest BCUT2D eigenvalue weighted by atomic mass is 10.0. The van der Waals surface area contributed by atoms with Crippen molar-refractivity contribution in [2.75, 3.05) is 45.8 Å². The third-order valence-electron chi connectivity index (χ3n) is 8.56. The lowest BCUT2D eigenvalue weighted by molar-refractivity contribution is -0.384. The van der Waals surface area contributed by atoms with E-state index < -0.39 is 59.0 Å². The largest absolute Gasteiger partial charge is 0.480 e. The molecule has 0 bridgehead atoms. The second-order valence-electron chi connectivity index (χ2n) is 11.4. The molecule has 1 aliphatic heterocycles. The number of nitrogens with zero attached hydrogens (tertiary/aromatic N) is 5. The second kappa shape index (κ2) is 17.0. The highest BCUT2D eigenvalue weighted by atomic mass is 16.6. The summed E-state index contributed by atoms with van der Waals surface area (Å²) in [5.41, 5.74) is 0.610. The Morgan fingerprint density at radius 1 is 0.705 bits per heavy atom. The van der Waals surface area contributed by atoms with Gasteiger partial charge in [0.15, 0.2) is 0 Å². The average molecular weight is 624 g/mol. The number of hydrogen-bond donors (Lipinski definition) is 4. The average Bonchev–Trinajstić information content (AvgIpc) is 2.97. The van der Waals surface area contributed by atoms with Gasteiger partial charge in [0.2, 0.25) is 0 Å². The zero-order chi connectivity index (χ0) is 33.1. The van der Waals surface area contributed by atoms with Gasteiger partial charge in [-0.2, -0.15) is 0 Å². The van der Waals surface area contributed by atoms with Crippen LogP contribution in [0.15, 0.2) is 24.3 Å². The number of carboxylic acids is 4. The summed E-state index contributed by atoms with van der Waals surface area (Å²) in [6.07, 6.45) is 1.32. The van der Waals surface area contributed by atoms with E-state index in [2.05, 4.69) is 0 Å². The van der Waals surface area contributed by atoms with E-state index in [-0.39, 0.29) is 44.8 Å². The van der Waals surface area contributed by atoms with E-state index in [0.717, 1.165) is 0 Å². The minimum absolute atomic E-state index is 0.0931. The molecular weight excluding hydrogens is 578 g/mol. The van der Waals surface area contributed by atoms with Crippen molar-refractivity contribution >= 4 is 29.6 Å². The van der Waals surface area contributed by atoms with Crippen LogP contribution in [0.25, 0.3) is 0 Å². The molecule has 246 valence electrons. The lowest BCUT2D eigenvalue weighted by Gasteiger charge is -2.40. The first-order valence-corrected chi connectivity index (χ1v) is 14.8. The summed E-state index contributed by atoms with van der Waals surface area (Å²) >= 11 is 0. The number of nitro benzene ring substituents is 1. The Morgan fingerprint density at radius 2 is 1.11 bits per heavy atom. The van der Waals surface area contributed by atoms with Crippen LogP contribution in [0.1, 0.15) is 46.1 Å². The number of non-ortho nitro benzene ring substituents is 1. The van der Waals surface area contributed by atoms with Crippen molar-refractivity contribution in [2.45, 2.75) is 77.2 Å². The molecule has 0 aromatic heterocycles. The van der Waals surface area contributed by atoms with Crippen molar-refractivity contribution in [1.29, 1.82) is 0 Å². The molecule has 2 rings (SSSR count). The molecule has 0 saturated carbocycles. The van der Waals surface area contributed by atoms with Gasteiger partial charge in [-0.15, -0.1) is 0 Å². The molecule has 4 N–H and O–H groups in total. The van der Waals surface area contributed by atoms with Gasteiger partial charge in [0, 0.05) is 50.9 Å². The van der Waals surface area contributed by atoms with E-state index in [9.17, 15) is 49.7 Å². The topological polar surface area (TPSA) is 205 Å². The van der Waals surface area contributed by atoms with Crippen LogP contribution in [0.5, 0.6) is 0 Å². The first-order valence-electron chi connectivity index (χ1n) is 14.8. The predicted octanol–water partition coefficient (Wildman–Crippen LogP) is 1.40. The molecule has 1 aromatic rings. The smallest absolute Gasteiger partial charge is 0.320 e. The van der Waals surface area contributed by atoms with Gasteiger partial charge in [-0.05, 0) is 65.6 Å². The van der Waals surface area contributed by atoms with Crippen molar-refractivity contribution in [3.63, 3.8) is 0 Å². The molecule has 0 aliphatic carbocycles. The van der Waals surface area contributed by atoms with Crippen LogP contribution < -0.4 is 0 Å². The highest BCUT2D eigenvalue weighted by Crippen LogP contribution is 2.20. The van der Waals surface area contributed by atoms with E-state index in [4.69, 9.17) is 0 Å². The number of carboxylic acid groups (broad SMARTS) is 4. The summed E-state index contributed by atoms with van der Waals surface area (Å²) in [5.74, 6) is -4.26. The fourth-order valence-electron chi connectivity index (χ4n) is 5.45. The maximum atomic E-state index is 12.3. The maximum Gasteiger partial charge on any atom is 0.320 e. The number of benzene rings is 1. The van der Waals surface area contributed by atoms with Crippen LogP contribution in [0.4, 0.5) is 5.69 Å². The van der Waals surface area contributed by atoms with Gasteiger partial charge in [-0.1, -0.05) is 12.1 Å². The van der Waals surface area contributed by atoms with Gasteiger partial charge >= 0.3 is 23.9 Å². The fourth-order valence-corrected chi connectivity index (χ4v) is 5.45. The molecule has 15 nitrogen and oxygen atoms in total. The zero-order valence-corrected chi connectivity index (χ0v) is 25.7. The number of nitro groups is 1. The summed E-state index contributed by atoms with van der Waals surface area (Å²) in [4.78, 5) is 65.8. The van der Waals surface area contributed by atoms with Crippen LogP contribution in [0, 0.1) is 10.1 Å². The Labute approximate surface area is 256 Å². The molecule has 1 fully saturated rings. The second-order valence-corrected chi connectivity index (χ2v) is 11.4. The van der Waals surface area contributed by atoms with Crippen molar-refractivity contribution in [3.8, 4) is 0 Å². The highest BCUT2D eigenvalue weighted by molar-refractivity contribution is 5.74. The van der Waals surface area contributed by atoms with Gasteiger partial charge in [0.25, 0.3) is 5.69 Å². The summed E-state index contributed by atoms with van der Waals surface area (Å²) in [7, 11) is 0. The van der Waals surface area contributed by atoms with Crippen molar-refractivity contribution in [1.82, 2.24) is 19.6 Å². The number of hydrogen-bond acceptors (Lipinski definition) is 10. The number of rotatable bonds is 11. The predicted molar refractivity (Wildman–Crippen MR) is 160 cm³/mol. The van der Waals surface area contributed by atoms with Crippen molar-refractivity contribution in [2.24, 2.45) is 0 Å². The van der Waals surface area contributed by atoms with Gasteiger partial charge < -0.3 is 20.4 Å². The number of aliphatic carboxylic acids is 4. The van der Waals surface area contributed by atoms with Gasteiger partial charge in [0.1, 0.15) is 24.2 Å². The van der Waals surface area contributed by atoms with Crippen molar-refractivity contribution in [3.05, 3.63) is 39.9 Å². The molecule has 0 amide bonds. The monoisotopic (exact) mass is 623 g/mol. The minimum Gasteiger partial charge on any atom is -0.480 e. The molecule has 15 heteroatoms.